The molecule has 7 heterocycles. The summed E-state index contributed by atoms with van der Waals surface area (Å²) in [4.78, 5) is 4.49. The summed E-state index contributed by atoms with van der Waals surface area (Å²) in [5.74, 6) is 9.33. The molecule has 0 saturated heterocycles. The fourth-order valence-electron chi connectivity index (χ4n) is 13.9. The van der Waals surface area contributed by atoms with Gasteiger partial charge < -0.3 is 42.8 Å². The second kappa shape index (κ2) is 15.9. The molecule has 0 radical (unpaired) electrons. The smallest absolute Gasteiger partial charge is 0.260 e. The molecule has 0 atom stereocenters. The molecule has 11 heteroatoms. The number of rotatable bonds is 3. The summed E-state index contributed by atoms with van der Waals surface area (Å²) in [6, 6.07) is 72.1. The van der Waals surface area contributed by atoms with Crippen molar-refractivity contribution < 1.29 is 28.4 Å². The summed E-state index contributed by atoms with van der Waals surface area (Å²) < 4.78 is 44.0. The third kappa shape index (κ3) is 6.03. The molecule has 9 nitrogen and oxygen atoms in total. The molecule has 0 fully saturated rings. The van der Waals surface area contributed by atoms with Crippen molar-refractivity contribution in [1.29, 1.82) is 0 Å². The number of ether oxygens (including phenoxy) is 6. The van der Waals surface area contributed by atoms with Crippen molar-refractivity contribution >= 4 is 102 Å². The lowest BCUT2D eigenvalue weighted by Gasteiger charge is -2.36. The van der Waals surface area contributed by atoms with E-state index in [1.165, 1.54) is 16.7 Å². The third-order valence-corrected chi connectivity index (χ3v) is 17.0. The third-order valence-electron chi connectivity index (χ3n) is 17.0. The topological polar surface area (TPSA) is 66.8 Å². The molecule has 6 aliphatic heterocycles. The first kappa shape index (κ1) is 43.8. The highest BCUT2D eigenvalue weighted by atomic mass is 16.5. The minimum atomic E-state index is -0.185. The number of hydrogen-bond acceptors (Lipinski definition) is 8. The van der Waals surface area contributed by atoms with Gasteiger partial charge >= 0.3 is 0 Å². The molecule has 12 aromatic rings. The number of aryl methyl sites for hydroxylation is 3. The average molecular weight is 1030 g/mol. The van der Waals surface area contributed by atoms with E-state index >= 15 is 0 Å². The Bertz CT molecular complexity index is 4400. The highest BCUT2D eigenvalue weighted by Gasteiger charge is 2.44. The van der Waals surface area contributed by atoms with Crippen LogP contribution in [0.3, 0.4) is 0 Å². The zero-order valence-corrected chi connectivity index (χ0v) is 43.6. The number of fused-ring (bicyclic) bond motifs is 15. The highest BCUT2D eigenvalue weighted by molar-refractivity contribution is 6.99. The molecule has 0 unspecified atom stereocenters. The van der Waals surface area contributed by atoms with Gasteiger partial charge in [-0.3, -0.25) is 0 Å². The van der Waals surface area contributed by atoms with Crippen LogP contribution in [0.4, 0.5) is 34.1 Å². The van der Waals surface area contributed by atoms with Crippen LogP contribution in [0, 0.1) is 20.8 Å². The van der Waals surface area contributed by atoms with Crippen molar-refractivity contribution in [1.82, 2.24) is 4.57 Å². The molecule has 18 rings (SSSR count). The molecular weight excluding hydrogens is 988 g/mol. The van der Waals surface area contributed by atoms with E-state index in [4.69, 9.17) is 28.4 Å². The largest absolute Gasteiger partial charge is 0.458 e. The van der Waals surface area contributed by atoms with Crippen molar-refractivity contribution in [2.75, 3.05) is 9.80 Å². The van der Waals surface area contributed by atoms with E-state index in [2.05, 4.69) is 169 Å². The van der Waals surface area contributed by atoms with Crippen LogP contribution in [0.5, 0.6) is 69.0 Å². The number of anilines is 6. The van der Waals surface area contributed by atoms with E-state index in [1.54, 1.807) is 0 Å². The predicted molar refractivity (Wildman–Crippen MR) is 320 cm³/mol. The lowest BCUT2D eigenvalue weighted by molar-refractivity contribution is 0.463. The molecule has 6 aliphatic rings. The average Bonchev–Trinajstić information content (AvgIpc) is 3.91. The van der Waals surface area contributed by atoms with Gasteiger partial charge in [-0.15, -0.1) is 0 Å². The number of para-hydroxylation sites is 10. The van der Waals surface area contributed by atoms with Gasteiger partial charge in [0.1, 0.15) is 46.0 Å². The van der Waals surface area contributed by atoms with Gasteiger partial charge in [0, 0.05) is 58.1 Å². The Morgan fingerprint density at radius 1 is 0.300 bits per heavy atom. The molecule has 11 aromatic carbocycles. The Hall–Kier alpha value is -10.3. The van der Waals surface area contributed by atoms with Crippen LogP contribution in [0.15, 0.2) is 206 Å². The predicted octanol–water partition coefficient (Wildman–Crippen LogP) is 14.3. The van der Waals surface area contributed by atoms with Crippen molar-refractivity contribution in [2.45, 2.75) is 20.8 Å². The summed E-state index contributed by atoms with van der Waals surface area (Å²) in [6.45, 7) is 6.24. The molecule has 1 aromatic heterocycles. The van der Waals surface area contributed by atoms with Gasteiger partial charge in [0.05, 0.1) is 50.8 Å². The summed E-state index contributed by atoms with van der Waals surface area (Å²) >= 11 is 0. The van der Waals surface area contributed by atoms with Crippen LogP contribution in [-0.4, -0.2) is 18.0 Å². The fourth-order valence-corrected chi connectivity index (χ4v) is 13.9. The minimum Gasteiger partial charge on any atom is -0.458 e. The summed E-state index contributed by atoms with van der Waals surface area (Å²) in [6.07, 6.45) is 0. The Morgan fingerprint density at radius 2 is 0.625 bits per heavy atom. The normalized spacial score (nSPS) is 13.9. The van der Waals surface area contributed by atoms with Gasteiger partial charge in [-0.05, 0) is 114 Å². The molecule has 0 bridgehead atoms. The molecule has 0 saturated carbocycles. The zero-order chi connectivity index (χ0) is 52.6. The van der Waals surface area contributed by atoms with Crippen LogP contribution < -0.4 is 71.0 Å². The quantitative estimate of drug-likeness (QED) is 0.162. The van der Waals surface area contributed by atoms with Crippen LogP contribution in [0.25, 0.3) is 27.5 Å². The van der Waals surface area contributed by atoms with Crippen molar-refractivity contribution in [3.05, 3.63) is 223 Å². The minimum absolute atomic E-state index is 0.185. The standard InChI is InChI=1S/C69H43B2N3O6/c1-38-28-39(2)69(40(3)29-38)74-53-36-61-47(70-45-16-4-10-22-55(45)75-63-30-41(32-65(79-61)67(63)70)72-49-18-6-12-24-57(49)77-58-25-13-7-19-50(58)72)34-43(53)44-35-48-62(37-54(44)74)80-66-33-42(31-64-68(66)71(48)46-17-5-11-23-56(46)76-64)73-51-20-8-14-26-59(51)78-60-27-15-9-21-52(60)73/h4-37H,1-3H3. The highest BCUT2D eigenvalue weighted by Crippen LogP contribution is 2.54. The number of aromatic nitrogens is 1. The maximum atomic E-state index is 7.36. The zero-order valence-electron chi connectivity index (χ0n) is 43.6. The molecule has 0 amide bonds. The van der Waals surface area contributed by atoms with Crippen LogP contribution in [0.1, 0.15) is 16.7 Å². The van der Waals surface area contributed by atoms with E-state index in [-0.39, 0.29) is 13.4 Å². The van der Waals surface area contributed by atoms with Crippen LogP contribution in [0.2, 0.25) is 0 Å². The van der Waals surface area contributed by atoms with E-state index in [9.17, 15) is 0 Å². The molecule has 0 aliphatic carbocycles. The first-order chi connectivity index (χ1) is 39.4. The van der Waals surface area contributed by atoms with Gasteiger partial charge in [0.15, 0.2) is 23.0 Å². The Balaban J connectivity index is 0.869. The van der Waals surface area contributed by atoms with Gasteiger partial charge in [0.25, 0.3) is 13.4 Å². The Morgan fingerprint density at radius 3 is 1.01 bits per heavy atom. The molecule has 0 N–H and O–H groups in total. The second-order valence-electron chi connectivity index (χ2n) is 21.7. The van der Waals surface area contributed by atoms with E-state index in [0.717, 1.165) is 163 Å². The van der Waals surface area contributed by atoms with E-state index in [0.29, 0.717) is 0 Å². The number of hydrogen-bond donors (Lipinski definition) is 0. The van der Waals surface area contributed by atoms with Gasteiger partial charge in [-0.25, -0.2) is 0 Å². The number of benzene rings is 11. The summed E-state index contributed by atoms with van der Waals surface area (Å²) in [7, 11) is 0. The summed E-state index contributed by atoms with van der Waals surface area (Å²) in [5.41, 5.74) is 18.6. The van der Waals surface area contributed by atoms with Crippen molar-refractivity contribution in [3.63, 3.8) is 0 Å². The molecular formula is C69H43B2N3O6. The Labute approximate surface area is 461 Å². The van der Waals surface area contributed by atoms with Gasteiger partial charge in [0.2, 0.25) is 0 Å². The van der Waals surface area contributed by atoms with Crippen molar-refractivity contribution in [3.8, 4) is 74.7 Å². The second-order valence-corrected chi connectivity index (χ2v) is 21.7. The summed E-state index contributed by atoms with van der Waals surface area (Å²) in [5, 5.41) is 2.23. The van der Waals surface area contributed by atoms with Crippen LogP contribution in [-0.2, 0) is 0 Å². The maximum Gasteiger partial charge on any atom is 0.260 e. The van der Waals surface area contributed by atoms with Crippen LogP contribution >= 0.6 is 0 Å². The van der Waals surface area contributed by atoms with Gasteiger partial charge in [-0.2, -0.15) is 0 Å². The van der Waals surface area contributed by atoms with Gasteiger partial charge in [-0.1, -0.05) is 115 Å². The van der Waals surface area contributed by atoms with E-state index < -0.39 is 0 Å². The monoisotopic (exact) mass is 1030 g/mol. The molecule has 0 spiro atoms. The van der Waals surface area contributed by atoms with E-state index in [1.807, 2.05) is 72.8 Å². The molecule has 80 heavy (non-hydrogen) atoms. The SMILES string of the molecule is Cc1cc(C)c(-n2c3cc4c(cc3c3cc5c(cc32)Oc2cc(N3c6ccccc6Oc6ccccc63)cc3c2B5c2ccccc2O3)B2c3ccccc3Oc3cc(N5c6ccccc6Oc6ccccc65)cc(c32)O4)c(C)c1. The first-order valence-electron chi connectivity index (χ1n) is 27.2. The Kier molecular flexibility index (Phi) is 8.72. The number of nitrogens with zero attached hydrogens (tertiary/aromatic N) is 3. The molecule has 376 valence electrons. The maximum absolute atomic E-state index is 7.36. The van der Waals surface area contributed by atoms with Crippen molar-refractivity contribution in [2.24, 2.45) is 0 Å². The lowest BCUT2D eigenvalue weighted by Crippen LogP contribution is -2.57. The lowest BCUT2D eigenvalue weighted by atomic mass is 9.34. The first-order valence-corrected chi connectivity index (χ1v) is 27.2. The fraction of sp³-hybridized carbons (Fsp3) is 0.0435.